The molecular formula is C26H26N2O2. The van der Waals surface area contributed by atoms with Crippen LogP contribution < -0.4 is 5.11 Å². The standard InChI is InChI=1S/C26H26N2O2/c1-5-27-15(3)21(17-11-7-9-13-19(17)27)23-25(29)24(26(23)30)22-16(4)28(6-2)20-14-10-8-12-18(20)22/h7-14,21,23H,5-6H2,1-4H3. The number of nitrogens with zero attached hydrogens (tertiary/aromatic N) is 2. The second-order valence-corrected chi connectivity index (χ2v) is 8.23. The highest BCUT2D eigenvalue weighted by molar-refractivity contribution is 6.33. The fourth-order valence-electron chi connectivity index (χ4n) is 5.60. The molecule has 1 aliphatic carbocycles. The van der Waals surface area contributed by atoms with Gasteiger partial charge < -0.3 is 9.67 Å². The lowest BCUT2D eigenvalue weighted by molar-refractivity contribution is -0.434. The molecule has 2 aliphatic rings. The van der Waals surface area contributed by atoms with Gasteiger partial charge in [0, 0.05) is 52.8 Å². The molecule has 0 amide bonds. The van der Waals surface area contributed by atoms with Gasteiger partial charge in [0.15, 0.2) is 11.5 Å². The Labute approximate surface area is 176 Å². The van der Waals surface area contributed by atoms with E-state index in [1.807, 2.05) is 37.3 Å². The number of hydrogen-bond donors (Lipinski definition) is 0. The third-order valence-electron chi connectivity index (χ3n) is 6.94. The van der Waals surface area contributed by atoms with E-state index < -0.39 is 5.92 Å². The minimum atomic E-state index is -0.610. The largest absolute Gasteiger partial charge is 0.874 e. The predicted octanol–water partition coefficient (Wildman–Crippen LogP) is 4.16. The molecule has 0 bridgehead atoms. The third kappa shape index (κ3) is 2.28. The Morgan fingerprint density at radius 2 is 1.70 bits per heavy atom. The zero-order valence-corrected chi connectivity index (χ0v) is 17.9. The molecule has 5 rings (SSSR count). The van der Waals surface area contributed by atoms with Gasteiger partial charge in [-0.25, -0.2) is 0 Å². The molecule has 2 atom stereocenters. The number of allylic oxidation sites excluding steroid dienone is 2. The zero-order valence-electron chi connectivity index (χ0n) is 17.9. The Morgan fingerprint density at radius 1 is 1.00 bits per heavy atom. The van der Waals surface area contributed by atoms with Crippen LogP contribution in [0.25, 0.3) is 16.5 Å². The normalized spacial score (nSPS) is 20.9. The van der Waals surface area contributed by atoms with Crippen molar-refractivity contribution in [2.24, 2.45) is 5.92 Å². The number of aromatic nitrogens is 1. The van der Waals surface area contributed by atoms with E-state index in [2.05, 4.69) is 48.1 Å². The molecule has 0 N–H and O–H groups in total. The minimum Gasteiger partial charge on any atom is -0.874 e. The van der Waals surface area contributed by atoms with Gasteiger partial charge in [0.05, 0.1) is 11.8 Å². The van der Waals surface area contributed by atoms with Crippen LogP contribution in [-0.2, 0) is 11.3 Å². The Morgan fingerprint density at radius 3 is 2.40 bits per heavy atom. The monoisotopic (exact) mass is 398 g/mol. The Balaban J connectivity index is 1.67. The molecule has 1 aromatic heterocycles. The van der Waals surface area contributed by atoms with Crippen LogP contribution in [0.4, 0.5) is 5.69 Å². The van der Waals surface area contributed by atoms with Crippen molar-refractivity contribution in [2.75, 3.05) is 6.54 Å². The third-order valence-corrected chi connectivity index (χ3v) is 6.94. The zero-order chi connectivity index (χ0) is 21.2. The molecule has 0 saturated heterocycles. The van der Waals surface area contributed by atoms with Gasteiger partial charge in [-0.1, -0.05) is 36.4 Å². The molecule has 30 heavy (non-hydrogen) atoms. The highest BCUT2D eigenvalue weighted by Gasteiger charge is 2.49. The van der Waals surface area contributed by atoms with E-state index in [0.717, 1.165) is 52.2 Å². The molecule has 4 heteroatoms. The smallest absolute Gasteiger partial charge is 0.209 e. The van der Waals surface area contributed by atoms with Gasteiger partial charge in [-0.2, -0.15) is 4.58 Å². The summed E-state index contributed by atoms with van der Waals surface area (Å²) < 4.78 is 4.42. The summed E-state index contributed by atoms with van der Waals surface area (Å²) >= 11 is 0. The van der Waals surface area contributed by atoms with Crippen molar-refractivity contribution >= 4 is 33.7 Å². The van der Waals surface area contributed by atoms with Crippen LogP contribution in [0.2, 0.25) is 0 Å². The maximum absolute atomic E-state index is 13.5. The molecule has 0 spiro atoms. The number of carbonyl (C=O) groups excluding carboxylic acids is 1. The number of rotatable bonds is 4. The molecule has 2 aromatic carbocycles. The summed E-state index contributed by atoms with van der Waals surface area (Å²) in [4.78, 5) is 13.5. The number of Topliss-reactive ketones (excluding diaryl/α,β-unsaturated/α-hetero) is 1. The average Bonchev–Trinajstić information content (AvgIpc) is 3.19. The highest BCUT2D eigenvalue weighted by Crippen LogP contribution is 2.50. The lowest BCUT2D eigenvalue weighted by Gasteiger charge is -2.39. The second kappa shape index (κ2) is 6.69. The summed E-state index contributed by atoms with van der Waals surface area (Å²) in [5, 5.41) is 14.5. The maximum atomic E-state index is 13.5. The first-order valence-electron chi connectivity index (χ1n) is 10.7. The number of fused-ring (bicyclic) bond motifs is 2. The van der Waals surface area contributed by atoms with Gasteiger partial charge in [0.1, 0.15) is 6.54 Å². The molecule has 152 valence electrons. The number of benzene rings is 2. The van der Waals surface area contributed by atoms with Crippen LogP contribution in [0, 0.1) is 12.8 Å². The van der Waals surface area contributed by atoms with Crippen molar-refractivity contribution in [3.05, 3.63) is 71.1 Å². The summed E-state index contributed by atoms with van der Waals surface area (Å²) in [5.41, 5.74) is 6.60. The highest BCUT2D eigenvalue weighted by atomic mass is 16.3. The van der Waals surface area contributed by atoms with Gasteiger partial charge in [0.2, 0.25) is 5.69 Å². The summed E-state index contributed by atoms with van der Waals surface area (Å²) in [6, 6.07) is 16.2. The van der Waals surface area contributed by atoms with E-state index in [0.29, 0.717) is 5.57 Å². The molecule has 3 aromatic rings. The molecule has 0 radical (unpaired) electrons. The quantitative estimate of drug-likeness (QED) is 0.620. The van der Waals surface area contributed by atoms with E-state index in [-0.39, 0.29) is 17.5 Å². The number of hydrogen-bond acceptors (Lipinski definition) is 2. The van der Waals surface area contributed by atoms with E-state index in [9.17, 15) is 9.90 Å². The first-order chi connectivity index (χ1) is 14.5. The van der Waals surface area contributed by atoms with E-state index >= 15 is 0 Å². The first-order valence-corrected chi connectivity index (χ1v) is 10.7. The Bertz CT molecular complexity index is 1280. The maximum Gasteiger partial charge on any atom is 0.209 e. The minimum absolute atomic E-state index is 0.0146. The van der Waals surface area contributed by atoms with Crippen LogP contribution in [0.15, 0.2) is 54.3 Å². The van der Waals surface area contributed by atoms with E-state index in [1.165, 1.54) is 0 Å². The number of carbonyl (C=O) groups is 1. The van der Waals surface area contributed by atoms with Crippen LogP contribution in [-0.4, -0.2) is 27.2 Å². The van der Waals surface area contributed by atoms with Crippen molar-refractivity contribution in [1.82, 2.24) is 4.57 Å². The van der Waals surface area contributed by atoms with Crippen LogP contribution in [0.1, 0.15) is 43.5 Å². The fourth-order valence-corrected chi connectivity index (χ4v) is 5.60. The van der Waals surface area contributed by atoms with Gasteiger partial charge in [-0.05, 0) is 26.8 Å². The van der Waals surface area contributed by atoms with E-state index in [4.69, 9.17) is 0 Å². The summed E-state index contributed by atoms with van der Waals surface area (Å²) in [6.45, 7) is 9.90. The van der Waals surface area contributed by atoms with Gasteiger partial charge in [-0.15, -0.1) is 5.76 Å². The number of ketones is 1. The first kappa shape index (κ1) is 18.9. The van der Waals surface area contributed by atoms with E-state index in [1.54, 1.807) is 0 Å². The van der Waals surface area contributed by atoms with Crippen LogP contribution in [0.3, 0.4) is 0 Å². The Hall–Kier alpha value is -3.14. The SMILES string of the molecule is CCn1c(C)c(C2=C([O-])C(C3C(C)=[N+](CC)c4ccccc43)C2=O)c2ccccc21. The van der Waals surface area contributed by atoms with Crippen LogP contribution in [0.5, 0.6) is 0 Å². The van der Waals surface area contributed by atoms with Gasteiger partial charge in [-0.3, -0.25) is 4.79 Å². The summed E-state index contributed by atoms with van der Waals surface area (Å²) in [7, 11) is 0. The van der Waals surface area contributed by atoms with Crippen molar-refractivity contribution in [3.63, 3.8) is 0 Å². The topological polar surface area (TPSA) is 48.1 Å². The number of para-hydroxylation sites is 2. The molecule has 2 heterocycles. The molecule has 0 saturated carbocycles. The lowest BCUT2D eigenvalue weighted by Crippen LogP contribution is -2.42. The van der Waals surface area contributed by atoms with Crippen molar-refractivity contribution in [2.45, 2.75) is 40.2 Å². The molecule has 2 unspecified atom stereocenters. The van der Waals surface area contributed by atoms with Crippen molar-refractivity contribution < 1.29 is 14.5 Å². The molecule has 0 fully saturated rings. The fraction of sp³-hybridized carbons (Fsp3) is 0.308. The lowest BCUT2D eigenvalue weighted by atomic mass is 9.68. The summed E-state index contributed by atoms with van der Waals surface area (Å²) in [5.74, 6) is -0.802. The van der Waals surface area contributed by atoms with Crippen molar-refractivity contribution in [3.8, 4) is 0 Å². The van der Waals surface area contributed by atoms with Gasteiger partial charge in [0.25, 0.3) is 0 Å². The van der Waals surface area contributed by atoms with Gasteiger partial charge >= 0.3 is 0 Å². The molecular weight excluding hydrogens is 372 g/mol. The Kier molecular flexibility index (Phi) is 4.21. The summed E-state index contributed by atoms with van der Waals surface area (Å²) in [6.07, 6.45) is 0. The molecule has 1 aliphatic heterocycles. The van der Waals surface area contributed by atoms with Crippen LogP contribution >= 0.6 is 0 Å². The average molecular weight is 399 g/mol. The second-order valence-electron chi connectivity index (χ2n) is 8.23. The number of aryl methyl sites for hydroxylation is 1. The molecule has 4 nitrogen and oxygen atoms in total. The van der Waals surface area contributed by atoms with Crippen molar-refractivity contribution in [1.29, 1.82) is 0 Å². The predicted molar refractivity (Wildman–Crippen MR) is 118 cm³/mol.